The van der Waals surface area contributed by atoms with Gasteiger partial charge in [0.2, 0.25) is 0 Å². The Morgan fingerprint density at radius 3 is 2.22 bits per heavy atom. The van der Waals surface area contributed by atoms with Crippen LogP contribution in [-0.4, -0.2) is 72.5 Å². The summed E-state index contributed by atoms with van der Waals surface area (Å²) in [5, 5.41) is 3.82. The zero-order valence-electron chi connectivity index (χ0n) is 30.5. The van der Waals surface area contributed by atoms with Gasteiger partial charge in [0.25, 0.3) is 8.32 Å². The van der Waals surface area contributed by atoms with Crippen molar-refractivity contribution in [3.8, 4) is 0 Å². The van der Waals surface area contributed by atoms with E-state index in [1.165, 1.54) is 10.4 Å². The summed E-state index contributed by atoms with van der Waals surface area (Å²) in [4.78, 5) is 36.5. The Hall–Kier alpha value is -2.83. The van der Waals surface area contributed by atoms with E-state index in [0.29, 0.717) is 37.1 Å². The number of carbonyl (C=O) groups excluding carboxylic acids is 1. The molecule has 2 aliphatic heterocycles. The number of anilines is 1. The summed E-state index contributed by atoms with van der Waals surface area (Å²) in [5.74, 6) is 1.33. The number of halogens is 2. The van der Waals surface area contributed by atoms with Crippen molar-refractivity contribution in [1.29, 1.82) is 0 Å². The van der Waals surface area contributed by atoms with E-state index in [0.717, 1.165) is 38.9 Å². The van der Waals surface area contributed by atoms with Gasteiger partial charge in [0, 0.05) is 54.4 Å². The Balaban J connectivity index is 1.28. The lowest BCUT2D eigenvalue weighted by molar-refractivity contribution is 0.0218. The highest BCUT2D eigenvalue weighted by atomic mass is 79.9. The highest BCUT2D eigenvalue weighted by molar-refractivity contribution is 9.10. The van der Waals surface area contributed by atoms with Gasteiger partial charge in [-0.2, -0.15) is 4.98 Å². The summed E-state index contributed by atoms with van der Waals surface area (Å²) in [5.41, 5.74) is 0.0145. The summed E-state index contributed by atoms with van der Waals surface area (Å²) in [6.45, 7) is 16.5. The number of hydrogen-bond donors (Lipinski definition) is 0. The van der Waals surface area contributed by atoms with Gasteiger partial charge < -0.3 is 19.0 Å². The van der Waals surface area contributed by atoms with Crippen LogP contribution in [0.15, 0.2) is 80.9 Å². The van der Waals surface area contributed by atoms with Gasteiger partial charge in [0.05, 0.1) is 15.0 Å². The molecule has 0 radical (unpaired) electrons. The second-order valence-corrected chi connectivity index (χ2v) is 22.1. The molecular formula is C39H48BrClN4O4SSi. The van der Waals surface area contributed by atoms with Gasteiger partial charge in [-0.1, -0.05) is 93.0 Å². The number of amides is 1. The van der Waals surface area contributed by atoms with Crippen LogP contribution in [0.25, 0.3) is 10.9 Å². The van der Waals surface area contributed by atoms with Gasteiger partial charge in [-0.05, 0) is 77.9 Å². The Morgan fingerprint density at radius 2 is 1.65 bits per heavy atom. The number of aromatic nitrogens is 2. The minimum absolute atomic E-state index is 0.0590. The summed E-state index contributed by atoms with van der Waals surface area (Å²) in [6, 6.07) is 23.2. The lowest BCUT2D eigenvalue weighted by Crippen LogP contribution is -2.66. The fourth-order valence-corrected chi connectivity index (χ4v) is 14.3. The predicted octanol–water partition coefficient (Wildman–Crippen LogP) is 8.26. The lowest BCUT2D eigenvalue weighted by Gasteiger charge is -2.43. The smallest absolute Gasteiger partial charge is 0.410 e. The van der Waals surface area contributed by atoms with E-state index in [9.17, 15) is 9.59 Å². The highest BCUT2D eigenvalue weighted by Crippen LogP contribution is 2.46. The third-order valence-corrected chi connectivity index (χ3v) is 17.7. The normalized spacial score (nSPS) is 18.3. The molecule has 0 N–H and O–H groups in total. The van der Waals surface area contributed by atoms with Crippen molar-refractivity contribution in [2.24, 2.45) is 0 Å². The maximum atomic E-state index is 14.1. The number of ether oxygens (including phenoxy) is 1. The van der Waals surface area contributed by atoms with Gasteiger partial charge in [-0.25, -0.2) is 9.59 Å². The molecule has 51 heavy (non-hydrogen) atoms. The zero-order chi connectivity index (χ0) is 36.7. The summed E-state index contributed by atoms with van der Waals surface area (Å²) >= 11 is 12.3. The average Bonchev–Trinajstić information content (AvgIpc) is 3.08. The van der Waals surface area contributed by atoms with E-state index in [-0.39, 0.29) is 28.9 Å². The number of piperazine rings is 1. The largest absolute Gasteiger partial charge is 0.444 e. The molecule has 1 saturated heterocycles. The molecular weight excluding hydrogens is 764 g/mol. The Kier molecular flexibility index (Phi) is 11.1. The second kappa shape index (κ2) is 14.9. The number of carbonyl (C=O) groups is 1. The molecule has 8 nitrogen and oxygen atoms in total. The van der Waals surface area contributed by atoms with Crippen molar-refractivity contribution in [2.75, 3.05) is 36.9 Å². The first-order chi connectivity index (χ1) is 24.1. The molecule has 3 heterocycles. The van der Waals surface area contributed by atoms with Crippen LogP contribution < -0.4 is 21.0 Å². The Morgan fingerprint density at radius 1 is 1.02 bits per heavy atom. The molecule has 2 aliphatic rings. The van der Waals surface area contributed by atoms with Crippen LogP contribution in [0.5, 0.6) is 0 Å². The van der Waals surface area contributed by atoms with Crippen LogP contribution >= 0.6 is 39.3 Å². The molecule has 1 aromatic heterocycles. The van der Waals surface area contributed by atoms with Crippen LogP contribution in [0.4, 0.5) is 10.6 Å². The third-order valence-electron chi connectivity index (χ3n) is 9.79. The minimum Gasteiger partial charge on any atom is -0.444 e. The van der Waals surface area contributed by atoms with Crippen LogP contribution in [0.2, 0.25) is 10.1 Å². The zero-order valence-corrected chi connectivity index (χ0v) is 34.7. The van der Waals surface area contributed by atoms with Crippen molar-refractivity contribution >= 4 is 80.8 Å². The Bertz CT molecular complexity index is 1910. The molecule has 0 spiro atoms. The van der Waals surface area contributed by atoms with E-state index in [1.54, 1.807) is 16.7 Å². The van der Waals surface area contributed by atoms with Gasteiger partial charge in [0.15, 0.2) is 0 Å². The highest BCUT2D eigenvalue weighted by Gasteiger charge is 2.50. The van der Waals surface area contributed by atoms with Crippen molar-refractivity contribution in [2.45, 2.75) is 88.9 Å². The van der Waals surface area contributed by atoms with Crippen molar-refractivity contribution in [3.63, 3.8) is 0 Å². The number of rotatable bonds is 8. The fraction of sp³-hybridized carbons (Fsp3) is 0.462. The SMILES string of the molecule is C[C@H]1CN(C(=O)OC(C)(C)C)CCN1c1nc(=O)n2c3c(c(Br)c(Cl)cc13)SC[C@H]2CCCO[Si](c1ccccc1)(c1ccccc1)C(C)(C)C. The molecule has 6 rings (SSSR count). The summed E-state index contributed by atoms with van der Waals surface area (Å²) in [6.07, 6.45) is 1.23. The molecule has 0 saturated carbocycles. The predicted molar refractivity (Wildman–Crippen MR) is 216 cm³/mol. The first-order valence-electron chi connectivity index (χ1n) is 17.7. The second-order valence-electron chi connectivity index (χ2n) is 15.6. The topological polar surface area (TPSA) is 76.9 Å². The number of hydrogen-bond acceptors (Lipinski definition) is 7. The molecule has 4 aromatic rings. The fourth-order valence-electron chi connectivity index (χ4n) is 7.53. The maximum Gasteiger partial charge on any atom is 0.410 e. The van der Waals surface area contributed by atoms with Crippen LogP contribution in [-0.2, 0) is 9.16 Å². The molecule has 1 amide bonds. The summed E-state index contributed by atoms with van der Waals surface area (Å²) < 4.78 is 15.5. The van der Waals surface area contributed by atoms with Gasteiger partial charge in [-0.15, -0.1) is 11.8 Å². The molecule has 3 aromatic carbocycles. The Labute approximate surface area is 320 Å². The average molecular weight is 812 g/mol. The van der Waals surface area contributed by atoms with Gasteiger partial charge >= 0.3 is 11.8 Å². The van der Waals surface area contributed by atoms with Crippen LogP contribution in [0, 0.1) is 0 Å². The number of nitrogens with zero attached hydrogens (tertiary/aromatic N) is 4. The minimum atomic E-state index is -2.67. The molecule has 12 heteroatoms. The number of benzene rings is 3. The molecule has 0 bridgehead atoms. The van der Waals surface area contributed by atoms with Crippen LogP contribution in [0.3, 0.4) is 0 Å². The monoisotopic (exact) mass is 810 g/mol. The van der Waals surface area contributed by atoms with Crippen molar-refractivity contribution < 1.29 is 14.0 Å². The van der Waals surface area contributed by atoms with Crippen molar-refractivity contribution in [1.82, 2.24) is 14.5 Å². The maximum absolute atomic E-state index is 14.1. The molecule has 0 aliphatic carbocycles. The standard InChI is InChI=1S/C39H48BrClN4O4SSi/c1-26-24-43(37(47)49-38(2,3)4)20-21-44(26)35-30-23-31(41)32(40)34-33(30)45(36(46)42-35)27(25-50-34)15-14-22-48-51(39(5,6)7,28-16-10-8-11-17-28)29-18-12-9-13-19-29/h8-13,16-19,23,26-27H,14-15,20-22,24-25H2,1-7H3/t26-,27+/m0/s1. The van der Waals surface area contributed by atoms with Crippen molar-refractivity contribution in [3.05, 3.63) is 86.7 Å². The lowest BCUT2D eigenvalue weighted by atomic mass is 10.1. The van der Waals surface area contributed by atoms with E-state index in [4.69, 9.17) is 25.7 Å². The van der Waals surface area contributed by atoms with E-state index in [1.807, 2.05) is 38.3 Å². The van der Waals surface area contributed by atoms with E-state index >= 15 is 0 Å². The van der Waals surface area contributed by atoms with E-state index < -0.39 is 13.9 Å². The van der Waals surface area contributed by atoms with E-state index in [2.05, 4.69) is 102 Å². The first kappa shape index (κ1) is 37.9. The molecule has 1 fully saturated rings. The van der Waals surface area contributed by atoms with Gasteiger partial charge in [0.1, 0.15) is 11.4 Å². The number of thioether (sulfide) groups is 1. The molecule has 272 valence electrons. The third kappa shape index (κ3) is 7.51. The molecule has 0 unspecified atom stereocenters. The quantitative estimate of drug-likeness (QED) is 0.131. The summed E-state index contributed by atoms with van der Waals surface area (Å²) in [7, 11) is -2.67. The van der Waals surface area contributed by atoms with Crippen LogP contribution in [0.1, 0.15) is 67.3 Å². The molecule has 2 atom stereocenters. The first-order valence-corrected chi connectivity index (χ1v) is 21.8. The van der Waals surface area contributed by atoms with Gasteiger partial charge in [-0.3, -0.25) is 4.57 Å².